The number of thioether (sulfide) groups is 1. The van der Waals surface area contributed by atoms with Crippen LogP contribution in [-0.2, 0) is 4.79 Å². The maximum atomic E-state index is 12.4. The highest BCUT2D eigenvalue weighted by molar-refractivity contribution is 8.00. The topological polar surface area (TPSA) is 98.1 Å². The lowest BCUT2D eigenvalue weighted by atomic mass is 10.1. The van der Waals surface area contributed by atoms with Crippen LogP contribution in [0, 0.1) is 6.92 Å². The number of imide groups is 1. The van der Waals surface area contributed by atoms with Crippen molar-refractivity contribution in [3.63, 3.8) is 0 Å². The van der Waals surface area contributed by atoms with Crippen LogP contribution in [-0.4, -0.2) is 45.6 Å². The molecule has 0 unspecified atom stereocenters. The Balaban J connectivity index is 1.99. The Bertz CT molecular complexity index is 1070. The lowest BCUT2D eigenvalue weighted by Crippen LogP contribution is -2.42. The third-order valence-corrected chi connectivity index (χ3v) is 5.54. The normalized spacial score (nSPS) is 11.6. The summed E-state index contributed by atoms with van der Waals surface area (Å²) < 4.78 is 7.40. The zero-order chi connectivity index (χ0) is 22.4. The molecule has 0 aliphatic heterocycles. The summed E-state index contributed by atoms with van der Waals surface area (Å²) in [6.45, 7) is 5.95. The van der Waals surface area contributed by atoms with Crippen molar-refractivity contribution < 1.29 is 14.3 Å². The van der Waals surface area contributed by atoms with E-state index in [1.54, 1.807) is 21.0 Å². The minimum absolute atomic E-state index is 0.409. The van der Waals surface area contributed by atoms with E-state index < -0.39 is 17.2 Å². The number of hydrogen-bond donors (Lipinski definition) is 2. The average molecular weight is 440 g/mol. The molecular weight excluding hydrogens is 414 g/mol. The highest BCUT2D eigenvalue weighted by Gasteiger charge is 2.24. The number of benzene rings is 2. The second-order valence-electron chi connectivity index (χ2n) is 6.79. The molecule has 0 aliphatic carbocycles. The second kappa shape index (κ2) is 10.1. The summed E-state index contributed by atoms with van der Waals surface area (Å²) in [4.78, 5) is 24.1. The Morgan fingerprint density at radius 1 is 1.13 bits per heavy atom. The molecule has 162 valence electrons. The van der Waals surface area contributed by atoms with Gasteiger partial charge in [0, 0.05) is 12.2 Å². The molecule has 1 heterocycles. The molecule has 1 aromatic heterocycles. The molecule has 0 bridgehead atoms. The maximum Gasteiger partial charge on any atom is 0.321 e. The highest BCUT2D eigenvalue weighted by atomic mass is 32.2. The predicted molar refractivity (Wildman–Crippen MR) is 121 cm³/mol. The van der Waals surface area contributed by atoms with Gasteiger partial charge in [-0.25, -0.2) is 4.79 Å². The number of hydrogen-bond acceptors (Lipinski definition) is 6. The van der Waals surface area contributed by atoms with Crippen LogP contribution in [0.25, 0.3) is 17.1 Å². The van der Waals surface area contributed by atoms with E-state index in [4.69, 9.17) is 4.74 Å². The van der Waals surface area contributed by atoms with E-state index in [1.165, 1.54) is 11.8 Å². The van der Waals surface area contributed by atoms with E-state index >= 15 is 0 Å². The molecule has 0 saturated carbocycles. The second-order valence-corrected chi connectivity index (χ2v) is 8.09. The van der Waals surface area contributed by atoms with Gasteiger partial charge < -0.3 is 10.1 Å². The van der Waals surface area contributed by atoms with Crippen LogP contribution >= 0.6 is 11.8 Å². The van der Waals surface area contributed by atoms with Crippen molar-refractivity contribution in [1.29, 1.82) is 0 Å². The van der Waals surface area contributed by atoms with Crippen molar-refractivity contribution in [2.45, 2.75) is 31.2 Å². The molecular formula is C22H25N5O3S. The quantitative estimate of drug-likeness (QED) is 0.546. The lowest BCUT2D eigenvalue weighted by Gasteiger charge is -2.15. The van der Waals surface area contributed by atoms with Crippen molar-refractivity contribution in [3.05, 3.63) is 54.1 Å². The molecule has 9 heteroatoms. The number of carbonyl (C=O) groups excluding carboxylic acids is 2. The van der Waals surface area contributed by atoms with E-state index in [1.807, 2.05) is 60.0 Å². The number of ether oxygens (including phenoxy) is 1. The summed E-state index contributed by atoms with van der Waals surface area (Å²) in [6, 6.07) is 15.0. The van der Waals surface area contributed by atoms with Crippen LogP contribution in [0.3, 0.4) is 0 Å². The SMILES string of the molecule is CCNC(=O)NC(=O)[C@H](C)Sc1nnc(-c2ccccc2OC)n1-c1ccc(C)cc1. The van der Waals surface area contributed by atoms with Gasteiger partial charge in [0.15, 0.2) is 11.0 Å². The molecule has 0 aliphatic rings. The Hall–Kier alpha value is -3.33. The number of methoxy groups -OCH3 is 1. The molecule has 0 radical (unpaired) electrons. The van der Waals surface area contributed by atoms with E-state index in [-0.39, 0.29) is 0 Å². The van der Waals surface area contributed by atoms with Gasteiger partial charge >= 0.3 is 6.03 Å². The molecule has 0 saturated heterocycles. The number of para-hydroxylation sites is 1. The van der Waals surface area contributed by atoms with Gasteiger partial charge in [-0.1, -0.05) is 41.6 Å². The lowest BCUT2D eigenvalue weighted by molar-refractivity contribution is -0.119. The van der Waals surface area contributed by atoms with Crippen molar-refractivity contribution in [2.75, 3.05) is 13.7 Å². The zero-order valence-corrected chi connectivity index (χ0v) is 18.7. The first-order chi connectivity index (χ1) is 14.9. The van der Waals surface area contributed by atoms with Gasteiger partial charge in [-0.3, -0.25) is 14.7 Å². The third kappa shape index (κ3) is 5.24. The van der Waals surface area contributed by atoms with Crippen molar-refractivity contribution in [3.8, 4) is 22.8 Å². The number of aryl methyl sites for hydroxylation is 1. The molecule has 3 amide bonds. The average Bonchev–Trinajstić information content (AvgIpc) is 3.17. The van der Waals surface area contributed by atoms with E-state index in [0.29, 0.717) is 23.3 Å². The maximum absolute atomic E-state index is 12.4. The first-order valence-corrected chi connectivity index (χ1v) is 10.7. The van der Waals surface area contributed by atoms with Gasteiger partial charge in [0.25, 0.3) is 0 Å². The standard InChI is InChI=1S/C22H25N5O3S/c1-5-23-21(29)24-20(28)15(3)31-22-26-25-19(17-8-6-7-9-18(17)30-4)27(22)16-12-10-14(2)11-13-16/h6-13,15H,5H2,1-4H3,(H2,23,24,28,29)/t15-/m0/s1. The molecule has 3 rings (SSSR count). The Morgan fingerprint density at radius 2 is 1.84 bits per heavy atom. The number of nitrogens with one attached hydrogen (secondary N) is 2. The summed E-state index contributed by atoms with van der Waals surface area (Å²) in [5, 5.41) is 13.6. The van der Waals surface area contributed by atoms with Crippen molar-refractivity contribution in [1.82, 2.24) is 25.4 Å². The van der Waals surface area contributed by atoms with Crippen LogP contribution in [0.1, 0.15) is 19.4 Å². The third-order valence-electron chi connectivity index (χ3n) is 4.50. The predicted octanol–water partition coefficient (Wildman–Crippen LogP) is 3.58. The molecule has 0 fully saturated rings. The van der Waals surface area contributed by atoms with Gasteiger partial charge in [0.05, 0.1) is 17.9 Å². The monoisotopic (exact) mass is 439 g/mol. The molecule has 3 aromatic rings. The number of urea groups is 1. The van der Waals surface area contributed by atoms with Crippen LogP contribution in [0.15, 0.2) is 53.7 Å². The van der Waals surface area contributed by atoms with Crippen LogP contribution in [0.4, 0.5) is 4.79 Å². The van der Waals surface area contributed by atoms with Crippen LogP contribution in [0.5, 0.6) is 5.75 Å². The molecule has 2 N–H and O–H groups in total. The number of rotatable bonds is 7. The largest absolute Gasteiger partial charge is 0.496 e. The van der Waals surface area contributed by atoms with Crippen LogP contribution in [0.2, 0.25) is 0 Å². The molecule has 0 spiro atoms. The van der Waals surface area contributed by atoms with E-state index in [0.717, 1.165) is 16.8 Å². The fraction of sp³-hybridized carbons (Fsp3) is 0.273. The Labute approximate surface area is 185 Å². The van der Waals surface area contributed by atoms with Gasteiger partial charge in [-0.05, 0) is 45.0 Å². The van der Waals surface area contributed by atoms with E-state index in [2.05, 4.69) is 20.8 Å². The number of carbonyl (C=O) groups is 2. The van der Waals surface area contributed by atoms with Gasteiger partial charge in [0.2, 0.25) is 5.91 Å². The van der Waals surface area contributed by atoms with E-state index in [9.17, 15) is 9.59 Å². The summed E-state index contributed by atoms with van der Waals surface area (Å²) in [7, 11) is 1.61. The summed E-state index contributed by atoms with van der Waals surface area (Å²) >= 11 is 1.22. The smallest absolute Gasteiger partial charge is 0.321 e. The first kappa shape index (κ1) is 22.4. The molecule has 8 nitrogen and oxygen atoms in total. The zero-order valence-electron chi connectivity index (χ0n) is 17.9. The minimum atomic E-state index is -0.568. The molecule has 2 aromatic carbocycles. The Morgan fingerprint density at radius 3 is 2.52 bits per heavy atom. The molecule has 31 heavy (non-hydrogen) atoms. The first-order valence-electron chi connectivity index (χ1n) is 9.85. The fourth-order valence-corrected chi connectivity index (χ4v) is 3.77. The van der Waals surface area contributed by atoms with Gasteiger partial charge in [-0.15, -0.1) is 10.2 Å². The van der Waals surface area contributed by atoms with Crippen molar-refractivity contribution >= 4 is 23.7 Å². The number of aromatic nitrogens is 3. The summed E-state index contributed by atoms with van der Waals surface area (Å²) in [5.41, 5.74) is 2.76. The number of nitrogens with zero attached hydrogens (tertiary/aromatic N) is 3. The summed E-state index contributed by atoms with van der Waals surface area (Å²) in [5.74, 6) is 0.857. The minimum Gasteiger partial charge on any atom is -0.496 e. The van der Waals surface area contributed by atoms with Gasteiger partial charge in [-0.2, -0.15) is 0 Å². The van der Waals surface area contributed by atoms with Crippen LogP contribution < -0.4 is 15.4 Å². The highest BCUT2D eigenvalue weighted by Crippen LogP contribution is 2.34. The molecule has 1 atom stereocenters. The van der Waals surface area contributed by atoms with Crippen molar-refractivity contribution in [2.24, 2.45) is 0 Å². The van der Waals surface area contributed by atoms with Gasteiger partial charge in [0.1, 0.15) is 5.75 Å². The number of amides is 3. The Kier molecular flexibility index (Phi) is 7.30. The fourth-order valence-electron chi connectivity index (χ4n) is 2.91. The summed E-state index contributed by atoms with van der Waals surface area (Å²) in [6.07, 6.45) is 0.